The number of nitrogens with one attached hydrogen (secondary N) is 2. The van der Waals surface area contributed by atoms with Gasteiger partial charge < -0.3 is 15.4 Å². The molecule has 0 spiro atoms. The number of rotatable bonds is 7. The Kier molecular flexibility index (Phi) is 6.90. The molecule has 7 nitrogen and oxygen atoms in total. The van der Waals surface area contributed by atoms with Gasteiger partial charge in [-0.2, -0.15) is 0 Å². The number of carbonyl (C=O) groups is 1. The van der Waals surface area contributed by atoms with Crippen LogP contribution in [0.2, 0.25) is 0 Å². The number of nitrogens with zero attached hydrogens (tertiary/aromatic N) is 3. The lowest BCUT2D eigenvalue weighted by Crippen LogP contribution is -2.33. The Morgan fingerprint density at radius 3 is 2.63 bits per heavy atom. The van der Waals surface area contributed by atoms with Crippen molar-refractivity contribution in [3.05, 3.63) is 66.2 Å². The molecule has 1 aromatic carbocycles. The van der Waals surface area contributed by atoms with Gasteiger partial charge in [-0.25, -0.2) is 13.6 Å². The van der Waals surface area contributed by atoms with Gasteiger partial charge in [0.15, 0.2) is 11.6 Å². The number of aromatic nitrogens is 2. The van der Waals surface area contributed by atoms with Crippen LogP contribution in [0.3, 0.4) is 0 Å². The molecule has 1 aliphatic heterocycles. The average Bonchev–Trinajstić information content (AvgIpc) is 3.61. The molecule has 2 amide bonds. The molecule has 10 heteroatoms. The third-order valence-electron chi connectivity index (χ3n) is 6.70. The maximum absolute atomic E-state index is 14.8. The summed E-state index contributed by atoms with van der Waals surface area (Å²) >= 11 is 1.48. The van der Waals surface area contributed by atoms with Crippen LogP contribution in [0, 0.1) is 5.82 Å². The number of amides is 2. The molecule has 1 saturated heterocycles. The molecule has 38 heavy (non-hydrogen) atoms. The lowest BCUT2D eigenvalue weighted by atomic mass is 10.1. The van der Waals surface area contributed by atoms with Crippen molar-refractivity contribution in [3.8, 4) is 22.1 Å². The SMILES string of the molecule is O=C(Nc1ccc(Oc2ccnc3cc(-c4ccc(CN5CCC(F)CC5)cn4)sc23)c(F)c1)NC1CC1. The number of carbonyl (C=O) groups excluding carboxylic acids is 1. The predicted molar refractivity (Wildman–Crippen MR) is 144 cm³/mol. The smallest absolute Gasteiger partial charge is 0.319 e. The number of alkyl halides is 1. The van der Waals surface area contributed by atoms with Crippen molar-refractivity contribution in [1.82, 2.24) is 20.2 Å². The van der Waals surface area contributed by atoms with Gasteiger partial charge in [0.05, 0.1) is 20.8 Å². The van der Waals surface area contributed by atoms with Crippen LogP contribution in [0.5, 0.6) is 11.5 Å². The fourth-order valence-electron chi connectivity index (χ4n) is 4.46. The summed E-state index contributed by atoms with van der Waals surface area (Å²) in [7, 11) is 0. The second-order valence-corrected chi connectivity index (χ2v) is 10.8. The van der Waals surface area contributed by atoms with Crippen molar-refractivity contribution in [1.29, 1.82) is 0 Å². The zero-order chi connectivity index (χ0) is 26.1. The summed E-state index contributed by atoms with van der Waals surface area (Å²) in [6.07, 6.45) is 5.94. The van der Waals surface area contributed by atoms with Gasteiger partial charge in [-0.15, -0.1) is 11.3 Å². The molecular weight excluding hydrogens is 508 g/mol. The average molecular weight is 536 g/mol. The molecule has 196 valence electrons. The van der Waals surface area contributed by atoms with E-state index >= 15 is 0 Å². The van der Waals surface area contributed by atoms with Gasteiger partial charge in [-0.3, -0.25) is 14.9 Å². The van der Waals surface area contributed by atoms with E-state index in [9.17, 15) is 13.6 Å². The van der Waals surface area contributed by atoms with Crippen molar-refractivity contribution in [2.75, 3.05) is 18.4 Å². The first-order chi connectivity index (χ1) is 18.5. The minimum absolute atomic E-state index is 0.0554. The molecule has 4 heterocycles. The van der Waals surface area contributed by atoms with Crippen LogP contribution in [-0.4, -0.2) is 46.2 Å². The van der Waals surface area contributed by atoms with Crippen LogP contribution in [-0.2, 0) is 6.54 Å². The highest BCUT2D eigenvalue weighted by Crippen LogP contribution is 2.39. The zero-order valence-corrected chi connectivity index (χ0v) is 21.4. The monoisotopic (exact) mass is 535 g/mol. The number of piperidine rings is 1. The predicted octanol–water partition coefficient (Wildman–Crippen LogP) is 6.51. The summed E-state index contributed by atoms with van der Waals surface area (Å²) < 4.78 is 34.9. The molecular formula is C28H27F2N5O2S. The van der Waals surface area contributed by atoms with Gasteiger partial charge in [0.1, 0.15) is 11.9 Å². The largest absolute Gasteiger partial charge is 0.453 e. The van der Waals surface area contributed by atoms with E-state index in [1.807, 2.05) is 18.3 Å². The van der Waals surface area contributed by atoms with Gasteiger partial charge in [0.2, 0.25) is 0 Å². The van der Waals surface area contributed by atoms with Crippen LogP contribution in [0.25, 0.3) is 20.8 Å². The fourth-order valence-corrected chi connectivity index (χ4v) is 5.51. The number of hydrogen-bond acceptors (Lipinski definition) is 6. The quantitative estimate of drug-likeness (QED) is 0.282. The van der Waals surface area contributed by atoms with Crippen molar-refractivity contribution in [2.45, 2.75) is 44.4 Å². The zero-order valence-electron chi connectivity index (χ0n) is 20.6. The number of urea groups is 1. The number of halogens is 2. The third-order valence-corrected chi connectivity index (χ3v) is 7.86. The van der Waals surface area contributed by atoms with Gasteiger partial charge in [0.25, 0.3) is 0 Å². The number of anilines is 1. The van der Waals surface area contributed by atoms with E-state index in [0.29, 0.717) is 24.3 Å². The molecule has 2 N–H and O–H groups in total. The van der Waals surface area contributed by atoms with E-state index in [1.54, 1.807) is 18.3 Å². The Balaban J connectivity index is 1.15. The van der Waals surface area contributed by atoms with E-state index in [-0.39, 0.29) is 17.8 Å². The summed E-state index contributed by atoms with van der Waals surface area (Å²) in [6, 6.07) is 11.9. The highest BCUT2D eigenvalue weighted by atomic mass is 32.1. The lowest BCUT2D eigenvalue weighted by molar-refractivity contribution is 0.145. The van der Waals surface area contributed by atoms with Crippen LogP contribution in [0.1, 0.15) is 31.2 Å². The van der Waals surface area contributed by atoms with Gasteiger partial charge in [0, 0.05) is 55.9 Å². The molecule has 0 radical (unpaired) electrons. The van der Waals surface area contributed by atoms with E-state index in [4.69, 9.17) is 4.74 Å². The molecule has 4 aromatic rings. The Morgan fingerprint density at radius 1 is 1.05 bits per heavy atom. The summed E-state index contributed by atoms with van der Waals surface area (Å²) in [4.78, 5) is 24.2. The minimum Gasteiger partial charge on any atom is -0.453 e. The number of benzene rings is 1. The number of pyridine rings is 2. The molecule has 1 aliphatic carbocycles. The number of hydrogen-bond donors (Lipinski definition) is 2. The Bertz CT molecular complexity index is 1450. The summed E-state index contributed by atoms with van der Waals surface area (Å²) in [5.74, 6) is -0.0333. The molecule has 6 rings (SSSR count). The van der Waals surface area contributed by atoms with E-state index in [2.05, 4.69) is 31.6 Å². The highest BCUT2D eigenvalue weighted by molar-refractivity contribution is 7.22. The normalized spacial score (nSPS) is 16.5. The standard InChI is InChI=1S/C28H27F2N5O2S/c29-18-8-11-35(12-9-18)16-17-1-5-22(32-15-17)26-14-23-27(38-26)25(7-10-31-23)37-24-6-4-20(13-21(24)30)34-28(36)33-19-2-3-19/h1,4-7,10,13-15,18-19H,2-3,8-9,11-12,16H2,(H2,33,34,36). The molecule has 0 bridgehead atoms. The van der Waals surface area contributed by atoms with Crippen molar-refractivity contribution in [2.24, 2.45) is 0 Å². The minimum atomic E-state index is -0.681. The second-order valence-electron chi connectivity index (χ2n) is 9.76. The maximum atomic E-state index is 14.8. The van der Waals surface area contributed by atoms with Crippen molar-refractivity contribution >= 4 is 33.3 Å². The van der Waals surface area contributed by atoms with E-state index < -0.39 is 12.0 Å². The van der Waals surface area contributed by atoms with Crippen molar-refractivity contribution < 1.29 is 18.3 Å². The first-order valence-electron chi connectivity index (χ1n) is 12.8. The molecule has 0 unspecified atom stereocenters. The summed E-state index contributed by atoms with van der Waals surface area (Å²) in [5, 5.41) is 5.45. The number of ether oxygens (including phenoxy) is 1. The van der Waals surface area contributed by atoms with E-state index in [0.717, 1.165) is 58.8 Å². The Hall–Kier alpha value is -3.63. The van der Waals surface area contributed by atoms with Crippen LogP contribution < -0.4 is 15.4 Å². The third kappa shape index (κ3) is 5.76. The molecule has 2 fully saturated rings. The fraction of sp³-hybridized carbons (Fsp3) is 0.321. The van der Waals surface area contributed by atoms with Crippen molar-refractivity contribution in [3.63, 3.8) is 0 Å². The Labute approximate surface area is 222 Å². The number of likely N-dealkylation sites (tertiary alicyclic amines) is 1. The van der Waals surface area contributed by atoms with Gasteiger partial charge in [-0.1, -0.05) is 6.07 Å². The van der Waals surface area contributed by atoms with Crippen LogP contribution in [0.4, 0.5) is 19.3 Å². The first kappa shape index (κ1) is 24.7. The number of thiophene rings is 1. The molecule has 0 atom stereocenters. The second kappa shape index (κ2) is 10.6. The topological polar surface area (TPSA) is 79.4 Å². The van der Waals surface area contributed by atoms with Gasteiger partial charge >= 0.3 is 6.03 Å². The highest BCUT2D eigenvalue weighted by Gasteiger charge is 2.23. The molecule has 1 saturated carbocycles. The first-order valence-corrected chi connectivity index (χ1v) is 13.6. The Morgan fingerprint density at radius 2 is 1.89 bits per heavy atom. The number of fused-ring (bicyclic) bond motifs is 1. The molecule has 2 aliphatic rings. The summed E-state index contributed by atoms with van der Waals surface area (Å²) in [5.41, 5.74) is 3.00. The summed E-state index contributed by atoms with van der Waals surface area (Å²) in [6.45, 7) is 2.30. The van der Waals surface area contributed by atoms with Crippen LogP contribution >= 0.6 is 11.3 Å². The molecule has 3 aromatic heterocycles. The van der Waals surface area contributed by atoms with Gasteiger partial charge in [-0.05, 0) is 55.5 Å². The van der Waals surface area contributed by atoms with E-state index in [1.165, 1.54) is 23.5 Å². The lowest BCUT2D eigenvalue weighted by Gasteiger charge is -2.28. The maximum Gasteiger partial charge on any atom is 0.319 e. The van der Waals surface area contributed by atoms with Crippen LogP contribution in [0.15, 0.2) is 54.9 Å².